The number of ketones is 1. The average molecular weight is 283 g/mol. The van der Waals surface area contributed by atoms with Crippen molar-refractivity contribution in [1.29, 1.82) is 0 Å². The zero-order valence-corrected chi connectivity index (χ0v) is 13.1. The van der Waals surface area contributed by atoms with Crippen LogP contribution in [0.25, 0.3) is 0 Å². The number of carbonyl (C=O) groups excluding carboxylic acids is 3. The van der Waals surface area contributed by atoms with Gasteiger partial charge in [-0.2, -0.15) is 0 Å². The molecule has 0 aliphatic carbocycles. The maximum Gasteiger partial charge on any atom is 0.333 e. The third-order valence-electron chi connectivity index (χ3n) is 2.71. The summed E-state index contributed by atoms with van der Waals surface area (Å²) in [6.07, 6.45) is 1.30. The molecule has 0 radical (unpaired) electrons. The standard InChI is InChI=1S/C15H25NO4/c1-11(2)14(19)20-10-8-7-9-16(15(4,5)6)13(18)12(3)17/h1,7-10H2,2-6H3. The molecule has 0 aliphatic rings. The van der Waals surface area contributed by atoms with Crippen molar-refractivity contribution in [3.63, 3.8) is 0 Å². The van der Waals surface area contributed by atoms with Crippen molar-refractivity contribution in [2.75, 3.05) is 13.2 Å². The van der Waals surface area contributed by atoms with E-state index < -0.39 is 23.2 Å². The molecule has 0 spiro atoms. The number of unbranched alkanes of at least 4 members (excludes halogenated alkanes) is 1. The summed E-state index contributed by atoms with van der Waals surface area (Å²) in [4.78, 5) is 35.8. The van der Waals surface area contributed by atoms with E-state index in [1.807, 2.05) is 20.8 Å². The molecule has 0 heterocycles. The summed E-state index contributed by atoms with van der Waals surface area (Å²) >= 11 is 0. The first-order valence-electron chi connectivity index (χ1n) is 6.72. The Morgan fingerprint density at radius 3 is 2.05 bits per heavy atom. The van der Waals surface area contributed by atoms with E-state index in [4.69, 9.17) is 4.74 Å². The highest BCUT2D eigenvalue weighted by Crippen LogP contribution is 2.15. The van der Waals surface area contributed by atoms with Gasteiger partial charge in [0.1, 0.15) is 0 Å². The van der Waals surface area contributed by atoms with E-state index in [1.165, 1.54) is 6.92 Å². The van der Waals surface area contributed by atoms with Crippen molar-refractivity contribution in [2.24, 2.45) is 0 Å². The van der Waals surface area contributed by atoms with Crippen LogP contribution in [0, 0.1) is 0 Å². The summed E-state index contributed by atoms with van der Waals surface area (Å²) in [6.45, 7) is 12.8. The number of amides is 1. The molecule has 0 rings (SSSR count). The van der Waals surface area contributed by atoms with Gasteiger partial charge in [0.2, 0.25) is 5.78 Å². The van der Waals surface area contributed by atoms with Crippen molar-refractivity contribution in [2.45, 2.75) is 53.0 Å². The molecule has 0 atom stereocenters. The van der Waals surface area contributed by atoms with Gasteiger partial charge in [0, 0.05) is 24.6 Å². The summed E-state index contributed by atoms with van der Waals surface area (Å²) in [5.74, 6) is -1.34. The predicted molar refractivity (Wildman–Crippen MR) is 77.2 cm³/mol. The van der Waals surface area contributed by atoms with E-state index in [0.29, 0.717) is 25.0 Å². The summed E-state index contributed by atoms with van der Waals surface area (Å²) in [5.41, 5.74) is -0.0370. The Morgan fingerprint density at radius 2 is 1.65 bits per heavy atom. The summed E-state index contributed by atoms with van der Waals surface area (Å²) in [5, 5.41) is 0. The van der Waals surface area contributed by atoms with E-state index in [-0.39, 0.29) is 6.61 Å². The molecule has 0 N–H and O–H groups in total. The average Bonchev–Trinajstić information content (AvgIpc) is 2.30. The Kier molecular flexibility index (Phi) is 7.18. The number of rotatable bonds is 7. The van der Waals surface area contributed by atoms with Crippen LogP contribution in [-0.4, -0.2) is 41.3 Å². The van der Waals surface area contributed by atoms with Gasteiger partial charge in [-0.3, -0.25) is 9.59 Å². The van der Waals surface area contributed by atoms with Gasteiger partial charge in [-0.15, -0.1) is 0 Å². The lowest BCUT2D eigenvalue weighted by atomic mass is 10.0. The number of ether oxygens (including phenoxy) is 1. The van der Waals surface area contributed by atoms with Gasteiger partial charge in [0.05, 0.1) is 6.61 Å². The summed E-state index contributed by atoms with van der Waals surface area (Å²) in [6, 6.07) is 0. The Balaban J connectivity index is 4.24. The molecule has 0 aromatic heterocycles. The van der Waals surface area contributed by atoms with Crippen LogP contribution in [0.15, 0.2) is 12.2 Å². The van der Waals surface area contributed by atoms with Crippen LogP contribution in [0.3, 0.4) is 0 Å². The molecule has 5 nitrogen and oxygen atoms in total. The highest BCUT2D eigenvalue weighted by atomic mass is 16.5. The number of hydrogen-bond donors (Lipinski definition) is 0. The normalized spacial score (nSPS) is 10.8. The molecule has 0 unspecified atom stereocenters. The minimum atomic E-state index is -0.476. The van der Waals surface area contributed by atoms with Crippen LogP contribution in [-0.2, 0) is 19.1 Å². The molecule has 0 aliphatic heterocycles. The zero-order chi connectivity index (χ0) is 15.9. The first-order valence-corrected chi connectivity index (χ1v) is 6.72. The second-order valence-electron chi connectivity index (χ2n) is 5.81. The third kappa shape index (κ3) is 6.50. The summed E-state index contributed by atoms with van der Waals surface area (Å²) in [7, 11) is 0. The number of carbonyl (C=O) groups is 3. The fourth-order valence-electron chi connectivity index (χ4n) is 1.59. The first-order chi connectivity index (χ1) is 9.07. The fraction of sp³-hybridized carbons (Fsp3) is 0.667. The largest absolute Gasteiger partial charge is 0.462 e. The van der Waals surface area contributed by atoms with Gasteiger partial charge < -0.3 is 9.64 Å². The minimum Gasteiger partial charge on any atom is -0.462 e. The van der Waals surface area contributed by atoms with Gasteiger partial charge in [-0.05, 0) is 40.5 Å². The first kappa shape index (κ1) is 18.4. The van der Waals surface area contributed by atoms with E-state index in [2.05, 4.69) is 6.58 Å². The highest BCUT2D eigenvalue weighted by molar-refractivity contribution is 6.35. The predicted octanol–water partition coefficient (Wildman–Crippen LogP) is 2.10. The molecule has 5 heteroatoms. The fourth-order valence-corrected chi connectivity index (χ4v) is 1.59. The van der Waals surface area contributed by atoms with E-state index >= 15 is 0 Å². The summed E-state index contributed by atoms with van der Waals surface area (Å²) < 4.78 is 4.97. The molecule has 0 saturated heterocycles. The van der Waals surface area contributed by atoms with Crippen molar-refractivity contribution in [3.05, 3.63) is 12.2 Å². The smallest absolute Gasteiger partial charge is 0.333 e. The number of nitrogens with zero attached hydrogens (tertiary/aromatic N) is 1. The molecule has 0 aromatic rings. The molecule has 114 valence electrons. The van der Waals surface area contributed by atoms with Crippen molar-refractivity contribution >= 4 is 17.7 Å². The monoisotopic (exact) mass is 283 g/mol. The van der Waals surface area contributed by atoms with Crippen LogP contribution in [0.2, 0.25) is 0 Å². The topological polar surface area (TPSA) is 63.7 Å². The van der Waals surface area contributed by atoms with Gasteiger partial charge in [-0.1, -0.05) is 6.58 Å². The second kappa shape index (κ2) is 7.82. The van der Waals surface area contributed by atoms with Gasteiger partial charge in [0.15, 0.2) is 0 Å². The van der Waals surface area contributed by atoms with Crippen LogP contribution in [0.5, 0.6) is 0 Å². The second-order valence-corrected chi connectivity index (χ2v) is 5.81. The van der Waals surface area contributed by atoms with Crippen LogP contribution >= 0.6 is 0 Å². The lowest BCUT2D eigenvalue weighted by molar-refractivity contribution is -0.147. The highest BCUT2D eigenvalue weighted by Gasteiger charge is 2.28. The molecule has 0 bridgehead atoms. The van der Waals surface area contributed by atoms with Crippen LogP contribution in [0.4, 0.5) is 0 Å². The number of hydrogen-bond acceptors (Lipinski definition) is 4. The molecule has 0 aromatic carbocycles. The maximum absolute atomic E-state index is 11.8. The van der Waals surface area contributed by atoms with Gasteiger partial charge >= 0.3 is 5.97 Å². The number of esters is 1. The van der Waals surface area contributed by atoms with Crippen LogP contribution < -0.4 is 0 Å². The van der Waals surface area contributed by atoms with E-state index in [0.717, 1.165) is 0 Å². The Hall–Kier alpha value is -1.65. The Labute approximate surface area is 121 Å². The molecular weight excluding hydrogens is 258 g/mol. The quantitative estimate of drug-likeness (QED) is 0.311. The number of Topliss-reactive ketones (excluding diaryl/α,β-unsaturated/α-hetero) is 1. The van der Waals surface area contributed by atoms with Gasteiger partial charge in [-0.25, -0.2) is 4.79 Å². The molecule has 0 fully saturated rings. The third-order valence-corrected chi connectivity index (χ3v) is 2.71. The molecular formula is C15H25NO4. The lowest BCUT2D eigenvalue weighted by Crippen LogP contribution is -2.48. The van der Waals surface area contributed by atoms with Gasteiger partial charge in [0.25, 0.3) is 5.91 Å². The van der Waals surface area contributed by atoms with Crippen molar-refractivity contribution in [3.8, 4) is 0 Å². The Bertz CT molecular complexity index is 393. The van der Waals surface area contributed by atoms with Crippen LogP contribution in [0.1, 0.15) is 47.5 Å². The lowest BCUT2D eigenvalue weighted by Gasteiger charge is -2.35. The van der Waals surface area contributed by atoms with E-state index in [1.54, 1.807) is 11.8 Å². The van der Waals surface area contributed by atoms with E-state index in [9.17, 15) is 14.4 Å². The zero-order valence-electron chi connectivity index (χ0n) is 13.1. The minimum absolute atomic E-state index is 0.290. The Morgan fingerprint density at radius 1 is 1.10 bits per heavy atom. The molecule has 20 heavy (non-hydrogen) atoms. The molecule has 1 amide bonds. The van der Waals surface area contributed by atoms with Crippen molar-refractivity contribution < 1.29 is 19.1 Å². The van der Waals surface area contributed by atoms with Crippen molar-refractivity contribution in [1.82, 2.24) is 4.90 Å². The maximum atomic E-state index is 11.8. The molecule has 0 saturated carbocycles. The SMILES string of the molecule is C=C(C)C(=O)OCCCCN(C(=O)C(C)=O)C(C)(C)C.